The molecule has 1 aliphatic rings. The molecule has 0 aromatic heterocycles. The molecule has 0 radical (unpaired) electrons. The minimum Gasteiger partial charge on any atom is -0.493 e. The topological polar surface area (TPSA) is 30.5 Å². The van der Waals surface area contributed by atoms with Crippen molar-refractivity contribution in [1.29, 1.82) is 0 Å². The number of halogens is 1. The number of rotatable bonds is 3. The van der Waals surface area contributed by atoms with Crippen LogP contribution in [-0.2, 0) is 0 Å². The molecule has 0 bridgehead atoms. The van der Waals surface area contributed by atoms with Crippen LogP contribution in [0.4, 0.5) is 4.39 Å². The highest BCUT2D eigenvalue weighted by atomic mass is 19.1. The first-order valence-electron chi connectivity index (χ1n) is 5.01. The van der Waals surface area contributed by atoms with E-state index < -0.39 is 0 Å². The molecule has 1 N–H and O–H groups in total. The molecule has 1 atom stereocenters. The molecule has 15 heavy (non-hydrogen) atoms. The Morgan fingerprint density at radius 3 is 3.00 bits per heavy atom. The maximum absolute atomic E-state index is 13.5. The van der Waals surface area contributed by atoms with Gasteiger partial charge < -0.3 is 14.8 Å². The van der Waals surface area contributed by atoms with Crippen LogP contribution in [0.2, 0.25) is 0 Å². The van der Waals surface area contributed by atoms with Crippen LogP contribution in [0.5, 0.6) is 11.5 Å². The zero-order valence-corrected chi connectivity index (χ0v) is 8.63. The van der Waals surface area contributed by atoms with Crippen molar-refractivity contribution in [3.8, 4) is 11.5 Å². The molecule has 0 aliphatic carbocycles. The van der Waals surface area contributed by atoms with E-state index in [0.717, 1.165) is 19.5 Å². The lowest BCUT2D eigenvalue weighted by Crippen LogP contribution is -2.20. The Morgan fingerprint density at radius 2 is 2.33 bits per heavy atom. The fourth-order valence-electron chi connectivity index (χ4n) is 1.66. The Labute approximate surface area is 88.2 Å². The van der Waals surface area contributed by atoms with Gasteiger partial charge in [-0.05, 0) is 25.1 Å². The molecule has 0 saturated carbocycles. The quantitative estimate of drug-likeness (QED) is 0.823. The summed E-state index contributed by atoms with van der Waals surface area (Å²) in [7, 11) is 1.51. The first kappa shape index (κ1) is 10.2. The van der Waals surface area contributed by atoms with Gasteiger partial charge in [-0.25, -0.2) is 4.39 Å². The summed E-state index contributed by atoms with van der Waals surface area (Å²) in [5, 5.41) is 3.16. The van der Waals surface area contributed by atoms with Crippen LogP contribution in [0.1, 0.15) is 6.42 Å². The Bertz CT molecular complexity index is 337. The number of ether oxygens (including phenoxy) is 2. The lowest BCUT2D eigenvalue weighted by molar-refractivity contribution is 0.202. The summed E-state index contributed by atoms with van der Waals surface area (Å²) in [5.41, 5.74) is 0. The van der Waals surface area contributed by atoms with Crippen LogP contribution in [0.25, 0.3) is 0 Å². The van der Waals surface area contributed by atoms with E-state index in [-0.39, 0.29) is 17.7 Å². The third-order valence-corrected chi connectivity index (χ3v) is 2.45. The monoisotopic (exact) mass is 211 g/mol. The molecule has 2 rings (SSSR count). The van der Waals surface area contributed by atoms with Crippen LogP contribution in [0, 0.1) is 5.82 Å². The molecule has 1 saturated heterocycles. The van der Waals surface area contributed by atoms with Gasteiger partial charge in [-0.1, -0.05) is 6.07 Å². The van der Waals surface area contributed by atoms with E-state index in [0.29, 0.717) is 5.75 Å². The highest BCUT2D eigenvalue weighted by molar-refractivity contribution is 5.41. The minimum absolute atomic E-state index is 0.0378. The summed E-state index contributed by atoms with van der Waals surface area (Å²) in [6, 6.07) is 4.68. The predicted octanol–water partition coefficient (Wildman–Crippen LogP) is 1.57. The van der Waals surface area contributed by atoms with E-state index in [9.17, 15) is 4.39 Å². The van der Waals surface area contributed by atoms with Gasteiger partial charge in [0.05, 0.1) is 7.11 Å². The molecule has 82 valence electrons. The molecular weight excluding hydrogens is 197 g/mol. The van der Waals surface area contributed by atoms with Crippen molar-refractivity contribution in [3.05, 3.63) is 24.0 Å². The van der Waals surface area contributed by atoms with Gasteiger partial charge in [0.25, 0.3) is 0 Å². The lowest BCUT2D eigenvalue weighted by Gasteiger charge is -2.15. The van der Waals surface area contributed by atoms with E-state index in [1.807, 2.05) is 0 Å². The maximum atomic E-state index is 13.5. The molecular formula is C11H14FNO2. The van der Waals surface area contributed by atoms with Gasteiger partial charge in [0.1, 0.15) is 6.10 Å². The number of para-hydroxylation sites is 1. The van der Waals surface area contributed by atoms with E-state index >= 15 is 0 Å². The van der Waals surface area contributed by atoms with E-state index in [1.54, 1.807) is 12.1 Å². The SMILES string of the molecule is COc1cccc(F)c1OC1CCNC1. The van der Waals surface area contributed by atoms with Crippen LogP contribution in [-0.4, -0.2) is 26.3 Å². The summed E-state index contributed by atoms with van der Waals surface area (Å²) in [5.74, 6) is 0.289. The number of methoxy groups -OCH3 is 1. The Hall–Kier alpha value is -1.29. The van der Waals surface area contributed by atoms with E-state index in [1.165, 1.54) is 13.2 Å². The highest BCUT2D eigenvalue weighted by Crippen LogP contribution is 2.31. The van der Waals surface area contributed by atoms with Crippen molar-refractivity contribution in [2.24, 2.45) is 0 Å². The van der Waals surface area contributed by atoms with Crippen molar-refractivity contribution in [3.63, 3.8) is 0 Å². The number of hydrogen-bond acceptors (Lipinski definition) is 3. The van der Waals surface area contributed by atoms with Crippen molar-refractivity contribution in [1.82, 2.24) is 5.32 Å². The van der Waals surface area contributed by atoms with Crippen molar-refractivity contribution in [2.45, 2.75) is 12.5 Å². The molecule has 1 aromatic rings. The average Bonchev–Trinajstić information content (AvgIpc) is 2.74. The van der Waals surface area contributed by atoms with Gasteiger partial charge in [0.15, 0.2) is 17.3 Å². The van der Waals surface area contributed by atoms with Gasteiger partial charge in [0.2, 0.25) is 0 Å². The highest BCUT2D eigenvalue weighted by Gasteiger charge is 2.20. The number of benzene rings is 1. The second-order valence-corrected chi connectivity index (χ2v) is 3.50. The van der Waals surface area contributed by atoms with Crippen molar-refractivity contribution in [2.75, 3.05) is 20.2 Å². The minimum atomic E-state index is -0.374. The molecule has 1 aliphatic heterocycles. The molecule has 1 fully saturated rings. The third kappa shape index (κ3) is 2.21. The molecule has 1 unspecified atom stereocenters. The maximum Gasteiger partial charge on any atom is 0.197 e. The third-order valence-electron chi connectivity index (χ3n) is 2.45. The van der Waals surface area contributed by atoms with Crippen LogP contribution in [0.3, 0.4) is 0 Å². The zero-order valence-electron chi connectivity index (χ0n) is 8.63. The molecule has 0 amide bonds. The Morgan fingerprint density at radius 1 is 1.47 bits per heavy atom. The van der Waals surface area contributed by atoms with Gasteiger partial charge >= 0.3 is 0 Å². The summed E-state index contributed by atoms with van der Waals surface area (Å²) in [6.45, 7) is 1.68. The number of nitrogens with one attached hydrogen (secondary N) is 1. The zero-order chi connectivity index (χ0) is 10.7. The fraction of sp³-hybridized carbons (Fsp3) is 0.455. The summed E-state index contributed by atoms with van der Waals surface area (Å²) in [6.07, 6.45) is 0.938. The van der Waals surface area contributed by atoms with Gasteiger partial charge in [0, 0.05) is 6.54 Å². The first-order valence-corrected chi connectivity index (χ1v) is 5.01. The van der Waals surface area contributed by atoms with Crippen LogP contribution < -0.4 is 14.8 Å². The van der Waals surface area contributed by atoms with E-state index in [2.05, 4.69) is 5.32 Å². The lowest BCUT2D eigenvalue weighted by atomic mass is 10.3. The van der Waals surface area contributed by atoms with Crippen molar-refractivity contribution < 1.29 is 13.9 Å². The molecule has 0 spiro atoms. The van der Waals surface area contributed by atoms with Crippen molar-refractivity contribution >= 4 is 0 Å². The summed E-state index contributed by atoms with van der Waals surface area (Å²) in [4.78, 5) is 0. The fourth-order valence-corrected chi connectivity index (χ4v) is 1.66. The largest absolute Gasteiger partial charge is 0.493 e. The Kier molecular flexibility index (Phi) is 3.06. The van der Waals surface area contributed by atoms with Gasteiger partial charge in [-0.15, -0.1) is 0 Å². The Balaban J connectivity index is 2.17. The van der Waals surface area contributed by atoms with Crippen LogP contribution >= 0.6 is 0 Å². The van der Waals surface area contributed by atoms with E-state index in [4.69, 9.17) is 9.47 Å². The van der Waals surface area contributed by atoms with Crippen LogP contribution in [0.15, 0.2) is 18.2 Å². The van der Waals surface area contributed by atoms with Gasteiger partial charge in [-0.2, -0.15) is 0 Å². The number of hydrogen-bond donors (Lipinski definition) is 1. The predicted molar refractivity (Wildman–Crippen MR) is 54.9 cm³/mol. The smallest absolute Gasteiger partial charge is 0.197 e. The molecule has 1 heterocycles. The second kappa shape index (κ2) is 4.49. The van der Waals surface area contributed by atoms with Gasteiger partial charge in [-0.3, -0.25) is 0 Å². The summed E-state index contributed by atoms with van der Waals surface area (Å²) >= 11 is 0. The second-order valence-electron chi connectivity index (χ2n) is 3.50. The standard InChI is InChI=1S/C11H14FNO2/c1-14-10-4-2-3-9(12)11(10)15-8-5-6-13-7-8/h2-4,8,13H,5-7H2,1H3. The summed E-state index contributed by atoms with van der Waals surface area (Å²) < 4.78 is 24.1. The molecule has 3 nitrogen and oxygen atoms in total. The first-order chi connectivity index (χ1) is 7.31. The normalized spacial score (nSPS) is 20.3. The molecule has 4 heteroatoms. The molecule has 1 aromatic carbocycles. The average molecular weight is 211 g/mol.